The number of aromatic amines is 1. The summed E-state index contributed by atoms with van der Waals surface area (Å²) in [6.07, 6.45) is 2.24. The Kier molecular flexibility index (Phi) is 17.1. The molecule has 52 heavy (non-hydrogen) atoms. The number of para-hydroxylation sites is 1. The molecule has 8 atom stereocenters. The Bertz CT molecular complexity index is 1580. The van der Waals surface area contributed by atoms with Gasteiger partial charge in [0.2, 0.25) is 35.4 Å². The Labute approximate surface area is 309 Å². The van der Waals surface area contributed by atoms with Crippen molar-refractivity contribution in [3.05, 3.63) is 36.0 Å². The van der Waals surface area contributed by atoms with Gasteiger partial charge in [0.05, 0.1) is 12.5 Å². The Balaban J connectivity index is 2.37. The predicted octanol–water partition coefficient (Wildman–Crippen LogP) is 0.0997. The number of hydrogen-bond acceptors (Lipinski definition) is 9. The number of carboxylic acid groups (broad SMARTS) is 1. The molecular weight excluding hydrogens is 693 g/mol. The average Bonchev–Trinajstić information content (AvgIpc) is 3.51. The molecule has 2 rings (SSSR count). The van der Waals surface area contributed by atoms with Gasteiger partial charge in [-0.25, -0.2) is 4.79 Å². The van der Waals surface area contributed by atoms with Crippen LogP contribution < -0.4 is 38.1 Å². The molecule has 0 aliphatic heterocycles. The number of rotatable bonds is 21. The first-order valence-corrected chi connectivity index (χ1v) is 18.0. The van der Waals surface area contributed by atoms with Crippen molar-refractivity contribution in [2.45, 2.75) is 103 Å². The monoisotopic (exact) mass is 746 g/mol. The van der Waals surface area contributed by atoms with Crippen LogP contribution in [0.3, 0.4) is 0 Å². The Morgan fingerprint density at radius 1 is 0.750 bits per heavy atom. The number of thiol groups is 1. The maximum absolute atomic E-state index is 14.0. The number of H-pyrrole nitrogens is 1. The molecule has 6 amide bonds. The van der Waals surface area contributed by atoms with Gasteiger partial charge >= 0.3 is 5.97 Å². The third-order valence-corrected chi connectivity index (χ3v) is 9.53. The van der Waals surface area contributed by atoms with E-state index in [0.29, 0.717) is 18.4 Å². The van der Waals surface area contributed by atoms with Crippen LogP contribution in [0.25, 0.3) is 10.9 Å². The van der Waals surface area contributed by atoms with Crippen molar-refractivity contribution in [3.63, 3.8) is 0 Å². The molecule has 288 valence electrons. The van der Waals surface area contributed by atoms with E-state index >= 15 is 0 Å². The molecule has 0 radical (unpaired) electrons. The number of nitrogens with one attached hydrogen (secondary N) is 6. The Morgan fingerprint density at radius 2 is 1.29 bits per heavy atom. The smallest absolute Gasteiger partial charge is 0.326 e. The van der Waals surface area contributed by atoms with Crippen LogP contribution in [0.5, 0.6) is 0 Å². The van der Waals surface area contributed by atoms with Gasteiger partial charge in [0, 0.05) is 29.3 Å². The van der Waals surface area contributed by atoms with Gasteiger partial charge in [-0.15, -0.1) is 0 Å². The normalized spacial score (nSPS) is 15.9. The zero-order valence-electron chi connectivity index (χ0n) is 30.5. The standard InChI is InChI=1S/C35H54N8O8S/c1-7-18(5)27(37)32(47)43-29(19(6)8-2)34(49)39-23(13-20-15-38-22-12-10-9-11-21(20)22)30(45)41-25(16-52)31(46)42-28(17(3)4)33(48)40-24(35(50)51)14-26(36)44/h9-12,15,17-19,23-25,27-29,38,52H,7-8,13-14,16,37H2,1-6H3,(H2,36,44)(H,39,49)(H,40,48)(H,41,45)(H,42,46)(H,43,47)(H,50,51)/t18-,19-,23-,24-,25-,27-,28-,29-/m0/s1. The van der Waals surface area contributed by atoms with Crippen LogP contribution in [0.15, 0.2) is 30.5 Å². The number of carbonyl (C=O) groups is 7. The first kappa shape index (κ1) is 43.5. The highest BCUT2D eigenvalue weighted by atomic mass is 32.1. The lowest BCUT2D eigenvalue weighted by molar-refractivity contribution is -0.144. The summed E-state index contributed by atoms with van der Waals surface area (Å²) in [5.41, 5.74) is 12.8. The quantitative estimate of drug-likeness (QED) is 0.0776. The fourth-order valence-electron chi connectivity index (χ4n) is 5.37. The van der Waals surface area contributed by atoms with Gasteiger partial charge in [0.1, 0.15) is 30.2 Å². The molecule has 16 nitrogen and oxygen atoms in total. The second-order valence-corrected chi connectivity index (χ2v) is 13.8. The minimum atomic E-state index is -1.62. The number of primary amides is 1. The fourth-order valence-corrected chi connectivity index (χ4v) is 5.63. The lowest BCUT2D eigenvalue weighted by Gasteiger charge is -2.29. The van der Waals surface area contributed by atoms with Crippen molar-refractivity contribution in [2.75, 3.05) is 5.75 Å². The van der Waals surface area contributed by atoms with E-state index in [1.165, 1.54) is 0 Å². The number of benzene rings is 1. The largest absolute Gasteiger partial charge is 0.480 e. The number of aromatic nitrogens is 1. The van der Waals surface area contributed by atoms with Gasteiger partial charge in [-0.2, -0.15) is 12.6 Å². The Morgan fingerprint density at radius 3 is 1.85 bits per heavy atom. The second-order valence-electron chi connectivity index (χ2n) is 13.5. The molecule has 11 N–H and O–H groups in total. The summed E-state index contributed by atoms with van der Waals surface area (Å²) in [4.78, 5) is 93.5. The van der Waals surface area contributed by atoms with Crippen molar-refractivity contribution in [1.29, 1.82) is 0 Å². The lowest BCUT2D eigenvalue weighted by Crippen LogP contribution is -2.61. The number of nitrogens with two attached hydrogens (primary N) is 2. The van der Waals surface area contributed by atoms with Crippen LogP contribution in [0, 0.1) is 17.8 Å². The van der Waals surface area contributed by atoms with Gasteiger partial charge in [-0.1, -0.05) is 72.6 Å². The van der Waals surface area contributed by atoms with E-state index < -0.39 is 90.0 Å². The Hall–Kier alpha value is -4.64. The minimum absolute atomic E-state index is 0.00349. The molecular formula is C35H54N8O8S. The molecule has 17 heteroatoms. The number of hydrogen-bond donors (Lipinski definition) is 10. The van der Waals surface area contributed by atoms with Crippen LogP contribution >= 0.6 is 12.6 Å². The average molecular weight is 747 g/mol. The highest BCUT2D eigenvalue weighted by Gasteiger charge is 2.35. The van der Waals surface area contributed by atoms with E-state index in [-0.39, 0.29) is 24.0 Å². The molecule has 0 bridgehead atoms. The van der Waals surface area contributed by atoms with Crippen LogP contribution in [-0.2, 0) is 40.0 Å². The van der Waals surface area contributed by atoms with Crippen LogP contribution in [0.1, 0.15) is 66.4 Å². The summed E-state index contributed by atoms with van der Waals surface area (Å²) >= 11 is 4.25. The van der Waals surface area contributed by atoms with E-state index in [2.05, 4.69) is 44.2 Å². The molecule has 0 aliphatic carbocycles. The molecule has 0 aliphatic rings. The summed E-state index contributed by atoms with van der Waals surface area (Å²) in [6.45, 7) is 10.6. The van der Waals surface area contributed by atoms with Crippen molar-refractivity contribution in [3.8, 4) is 0 Å². The topological polar surface area (TPSA) is 268 Å². The third kappa shape index (κ3) is 12.3. The van der Waals surface area contributed by atoms with Crippen molar-refractivity contribution < 1.29 is 38.7 Å². The van der Waals surface area contributed by atoms with E-state index in [1.807, 2.05) is 45.0 Å². The van der Waals surface area contributed by atoms with Crippen molar-refractivity contribution in [1.82, 2.24) is 31.6 Å². The van der Waals surface area contributed by atoms with Gasteiger partial charge in [-0.3, -0.25) is 28.8 Å². The van der Waals surface area contributed by atoms with Crippen molar-refractivity contribution in [2.24, 2.45) is 29.2 Å². The number of fused-ring (bicyclic) bond motifs is 1. The number of carboxylic acids is 1. The van der Waals surface area contributed by atoms with Crippen LogP contribution in [0.2, 0.25) is 0 Å². The molecule has 1 aromatic heterocycles. The number of amides is 6. The summed E-state index contributed by atoms with van der Waals surface area (Å²) < 4.78 is 0. The van der Waals surface area contributed by atoms with Gasteiger partial charge < -0.3 is 48.1 Å². The molecule has 0 saturated carbocycles. The lowest BCUT2D eigenvalue weighted by atomic mass is 9.95. The summed E-state index contributed by atoms with van der Waals surface area (Å²) in [6, 6.07) is 0.109. The second kappa shape index (κ2) is 20.4. The molecule has 1 heterocycles. The van der Waals surface area contributed by atoms with Gasteiger partial charge in [-0.05, 0) is 29.4 Å². The molecule has 0 spiro atoms. The first-order valence-electron chi connectivity index (χ1n) is 17.4. The molecule has 2 aromatic rings. The van der Waals surface area contributed by atoms with Crippen LogP contribution in [-0.4, -0.2) is 93.5 Å². The first-order chi connectivity index (χ1) is 24.4. The molecule has 0 unspecified atom stereocenters. The maximum Gasteiger partial charge on any atom is 0.326 e. The SMILES string of the molecule is CC[C@H](C)[C@H](N)C(=O)N[C@H](C(=O)N[C@@H](Cc1c[nH]c2ccccc12)C(=O)N[C@@H](CS)C(=O)N[C@H](C(=O)N[C@@H](CC(N)=O)C(=O)O)C(C)C)[C@@H](C)CC. The van der Waals surface area contributed by atoms with Gasteiger partial charge in [0.25, 0.3) is 0 Å². The van der Waals surface area contributed by atoms with E-state index in [0.717, 1.165) is 10.9 Å². The molecule has 1 aromatic carbocycles. The summed E-state index contributed by atoms with van der Waals surface area (Å²) in [5.74, 6) is -7.19. The van der Waals surface area contributed by atoms with E-state index in [9.17, 15) is 38.7 Å². The van der Waals surface area contributed by atoms with Crippen molar-refractivity contribution >= 4 is 64.9 Å². The van der Waals surface area contributed by atoms with Gasteiger partial charge in [0.15, 0.2) is 0 Å². The van der Waals surface area contributed by atoms with E-state index in [1.54, 1.807) is 27.0 Å². The zero-order valence-corrected chi connectivity index (χ0v) is 31.4. The number of aliphatic carboxylic acids is 1. The highest BCUT2D eigenvalue weighted by molar-refractivity contribution is 7.80. The van der Waals surface area contributed by atoms with Crippen LogP contribution in [0.4, 0.5) is 0 Å². The summed E-state index contributed by atoms with van der Waals surface area (Å²) in [7, 11) is 0. The third-order valence-electron chi connectivity index (χ3n) is 9.17. The van der Waals surface area contributed by atoms with E-state index in [4.69, 9.17) is 11.5 Å². The number of carbonyl (C=O) groups excluding carboxylic acids is 6. The minimum Gasteiger partial charge on any atom is -0.480 e. The fraction of sp³-hybridized carbons (Fsp3) is 0.571. The molecule has 0 saturated heterocycles. The molecule has 0 fully saturated rings. The predicted molar refractivity (Wildman–Crippen MR) is 199 cm³/mol. The maximum atomic E-state index is 14.0. The zero-order chi connectivity index (χ0) is 39.3. The highest BCUT2D eigenvalue weighted by Crippen LogP contribution is 2.20. The summed E-state index contributed by atoms with van der Waals surface area (Å²) in [5, 5.41) is 23.1.